The van der Waals surface area contributed by atoms with Crippen LogP contribution in [0.15, 0.2) is 52.7 Å². The molecule has 166 valence electrons. The van der Waals surface area contributed by atoms with Crippen LogP contribution in [0, 0.1) is 5.41 Å². The van der Waals surface area contributed by atoms with Crippen molar-refractivity contribution in [3.05, 3.63) is 52.7 Å². The van der Waals surface area contributed by atoms with E-state index in [0.29, 0.717) is 29.3 Å². The number of hydrogen-bond donors (Lipinski definition) is 1. The lowest BCUT2D eigenvalue weighted by molar-refractivity contribution is -0.152. The van der Waals surface area contributed by atoms with Crippen LogP contribution in [-0.2, 0) is 14.3 Å². The fourth-order valence-corrected chi connectivity index (χ4v) is 4.03. The highest BCUT2D eigenvalue weighted by atomic mass is 35.5. The molecule has 3 rings (SSSR count). The highest BCUT2D eigenvalue weighted by molar-refractivity contribution is 6.30. The molecule has 1 unspecified atom stereocenters. The molecule has 31 heavy (non-hydrogen) atoms. The SMILES string of the molecule is COC(=O)C12CC(=CN)C(=Nc3ccc(Cl)cc3)C=C1CCN(C(=O)OC(C)(C)C)C2. The van der Waals surface area contributed by atoms with Crippen molar-refractivity contribution in [2.75, 3.05) is 20.2 Å². The van der Waals surface area contributed by atoms with Gasteiger partial charge in [0.1, 0.15) is 11.0 Å². The number of allylic oxidation sites excluding steroid dienone is 2. The number of nitrogens with zero attached hydrogens (tertiary/aromatic N) is 2. The Morgan fingerprint density at radius 1 is 1.26 bits per heavy atom. The van der Waals surface area contributed by atoms with Crippen LogP contribution in [0.4, 0.5) is 10.5 Å². The number of carbonyl (C=O) groups excluding carboxylic acids is 2. The van der Waals surface area contributed by atoms with Crippen LogP contribution in [0.25, 0.3) is 0 Å². The normalized spacial score (nSPS) is 23.9. The van der Waals surface area contributed by atoms with Gasteiger partial charge in [0.15, 0.2) is 0 Å². The van der Waals surface area contributed by atoms with Crippen LogP contribution in [0.2, 0.25) is 5.02 Å². The number of rotatable bonds is 2. The first-order valence-electron chi connectivity index (χ1n) is 10.1. The van der Waals surface area contributed by atoms with E-state index >= 15 is 0 Å². The maximum atomic E-state index is 13.0. The predicted molar refractivity (Wildman–Crippen MR) is 120 cm³/mol. The molecule has 0 spiro atoms. The molecule has 0 saturated carbocycles. The third kappa shape index (κ3) is 4.93. The molecule has 1 saturated heterocycles. The number of ether oxygens (including phenoxy) is 2. The first-order chi connectivity index (χ1) is 14.6. The highest BCUT2D eigenvalue weighted by Crippen LogP contribution is 2.45. The van der Waals surface area contributed by atoms with Gasteiger partial charge in [-0.05, 0) is 81.3 Å². The lowest BCUT2D eigenvalue weighted by Crippen LogP contribution is -2.54. The lowest BCUT2D eigenvalue weighted by atomic mass is 9.67. The predicted octanol–water partition coefficient (Wildman–Crippen LogP) is 4.39. The molecule has 2 aliphatic rings. The number of piperidine rings is 1. The van der Waals surface area contributed by atoms with Crippen molar-refractivity contribution in [2.24, 2.45) is 16.1 Å². The van der Waals surface area contributed by atoms with Crippen molar-refractivity contribution in [1.82, 2.24) is 4.90 Å². The molecule has 2 N–H and O–H groups in total. The van der Waals surface area contributed by atoms with Crippen molar-refractivity contribution in [3.8, 4) is 0 Å². The van der Waals surface area contributed by atoms with E-state index in [1.807, 2.05) is 39.0 Å². The van der Waals surface area contributed by atoms with Crippen molar-refractivity contribution >= 4 is 35.1 Å². The van der Waals surface area contributed by atoms with Gasteiger partial charge in [0, 0.05) is 18.1 Å². The number of aliphatic imine (C=N–C) groups is 1. The van der Waals surface area contributed by atoms with Crippen molar-refractivity contribution in [2.45, 2.75) is 39.2 Å². The van der Waals surface area contributed by atoms with E-state index in [1.165, 1.54) is 13.3 Å². The molecule has 0 radical (unpaired) electrons. The zero-order chi connectivity index (χ0) is 22.8. The Labute approximate surface area is 187 Å². The standard InChI is InChI=1S/C23H28ClN3O4/c1-22(2,3)31-21(29)27-10-9-16-11-19(26-18-7-5-17(24)6-8-18)15(13-25)12-23(16,14-27)20(28)30-4/h5-8,11,13H,9-10,12,14,25H2,1-4H3. The van der Waals surface area contributed by atoms with Crippen LogP contribution in [-0.4, -0.2) is 48.5 Å². The summed E-state index contributed by atoms with van der Waals surface area (Å²) >= 11 is 5.96. The van der Waals surface area contributed by atoms with Crippen LogP contribution in [0.1, 0.15) is 33.6 Å². The number of likely N-dealkylation sites (tertiary alicyclic amines) is 1. The number of methoxy groups -OCH3 is 1. The Morgan fingerprint density at radius 2 is 1.94 bits per heavy atom. The van der Waals surface area contributed by atoms with E-state index in [1.54, 1.807) is 17.0 Å². The summed E-state index contributed by atoms with van der Waals surface area (Å²) in [5, 5.41) is 0.625. The van der Waals surface area contributed by atoms with E-state index in [-0.39, 0.29) is 13.0 Å². The Kier molecular flexibility index (Phi) is 6.46. The third-order valence-corrected chi connectivity index (χ3v) is 5.62. The summed E-state index contributed by atoms with van der Waals surface area (Å²) in [6, 6.07) is 7.16. The zero-order valence-corrected chi connectivity index (χ0v) is 19.0. The van der Waals surface area contributed by atoms with Crippen LogP contribution in [0.5, 0.6) is 0 Å². The van der Waals surface area contributed by atoms with Crippen LogP contribution < -0.4 is 5.73 Å². The fourth-order valence-electron chi connectivity index (χ4n) is 3.90. The quantitative estimate of drug-likeness (QED) is 0.681. The van der Waals surface area contributed by atoms with Gasteiger partial charge in [-0.2, -0.15) is 0 Å². The van der Waals surface area contributed by atoms with Gasteiger partial charge in [-0.3, -0.25) is 4.79 Å². The lowest BCUT2D eigenvalue weighted by Gasteiger charge is -2.45. The Bertz CT molecular complexity index is 960. The largest absolute Gasteiger partial charge is 0.468 e. The minimum Gasteiger partial charge on any atom is -0.468 e. The molecule has 1 aromatic rings. The van der Waals surface area contributed by atoms with E-state index in [2.05, 4.69) is 0 Å². The van der Waals surface area contributed by atoms with E-state index in [9.17, 15) is 9.59 Å². The zero-order valence-electron chi connectivity index (χ0n) is 18.3. The molecule has 1 heterocycles. The van der Waals surface area contributed by atoms with Gasteiger partial charge >= 0.3 is 12.1 Å². The van der Waals surface area contributed by atoms with Gasteiger partial charge in [-0.25, -0.2) is 9.79 Å². The van der Waals surface area contributed by atoms with Gasteiger partial charge in [-0.1, -0.05) is 11.6 Å². The number of fused-ring (bicyclic) bond motifs is 1. The minimum atomic E-state index is -1.02. The summed E-state index contributed by atoms with van der Waals surface area (Å²) in [7, 11) is 1.35. The molecule has 7 nitrogen and oxygen atoms in total. The second kappa shape index (κ2) is 8.75. The second-order valence-corrected chi connectivity index (χ2v) is 9.17. The second-order valence-electron chi connectivity index (χ2n) is 8.74. The summed E-state index contributed by atoms with van der Waals surface area (Å²) in [5.74, 6) is -0.406. The summed E-state index contributed by atoms with van der Waals surface area (Å²) < 4.78 is 10.7. The average molecular weight is 446 g/mol. The number of esters is 1. The molecule has 0 aromatic heterocycles. The van der Waals surface area contributed by atoms with Crippen LogP contribution in [0.3, 0.4) is 0 Å². The molecule has 1 aromatic carbocycles. The molecule has 8 heteroatoms. The number of halogens is 1. The molecule has 1 atom stereocenters. The topological polar surface area (TPSA) is 94.2 Å². The first-order valence-corrected chi connectivity index (χ1v) is 10.5. The fraction of sp³-hybridized carbons (Fsp3) is 0.435. The van der Waals surface area contributed by atoms with Gasteiger partial charge in [0.25, 0.3) is 0 Å². The molecule has 1 amide bonds. The van der Waals surface area contributed by atoms with Crippen LogP contribution >= 0.6 is 11.6 Å². The molecule has 1 aliphatic carbocycles. The molecule has 1 aliphatic heterocycles. The van der Waals surface area contributed by atoms with E-state index < -0.39 is 23.1 Å². The minimum absolute atomic E-state index is 0.159. The van der Waals surface area contributed by atoms with Gasteiger partial charge in [-0.15, -0.1) is 0 Å². The van der Waals surface area contributed by atoms with Crippen molar-refractivity contribution in [1.29, 1.82) is 0 Å². The maximum Gasteiger partial charge on any atom is 0.410 e. The Hall–Kier alpha value is -2.80. The molecule has 0 bridgehead atoms. The Morgan fingerprint density at radius 3 is 2.52 bits per heavy atom. The number of hydrogen-bond acceptors (Lipinski definition) is 6. The van der Waals surface area contributed by atoms with Gasteiger partial charge in [0.2, 0.25) is 0 Å². The number of nitrogens with two attached hydrogens (primary N) is 1. The maximum absolute atomic E-state index is 13.0. The monoisotopic (exact) mass is 445 g/mol. The van der Waals surface area contributed by atoms with E-state index in [0.717, 1.165) is 11.3 Å². The van der Waals surface area contributed by atoms with E-state index in [4.69, 9.17) is 31.8 Å². The number of amides is 1. The smallest absolute Gasteiger partial charge is 0.410 e. The van der Waals surface area contributed by atoms with Gasteiger partial charge in [0.05, 0.1) is 18.5 Å². The average Bonchev–Trinajstić information content (AvgIpc) is 2.72. The van der Waals surface area contributed by atoms with Crippen molar-refractivity contribution < 1.29 is 19.1 Å². The van der Waals surface area contributed by atoms with Crippen molar-refractivity contribution in [3.63, 3.8) is 0 Å². The highest BCUT2D eigenvalue weighted by Gasteiger charge is 2.51. The first kappa shape index (κ1) is 22.9. The summed E-state index contributed by atoms with van der Waals surface area (Å²) in [5.41, 5.74) is 7.27. The summed E-state index contributed by atoms with van der Waals surface area (Å²) in [6.45, 7) is 6.03. The summed E-state index contributed by atoms with van der Waals surface area (Å²) in [6.07, 6.45) is 3.69. The number of carbonyl (C=O) groups is 2. The Balaban J connectivity index is 1.99. The third-order valence-electron chi connectivity index (χ3n) is 5.36. The molecular weight excluding hydrogens is 418 g/mol. The number of benzene rings is 1. The molecule has 1 fully saturated rings. The van der Waals surface area contributed by atoms with Gasteiger partial charge < -0.3 is 20.1 Å². The summed E-state index contributed by atoms with van der Waals surface area (Å²) in [4.78, 5) is 31.9. The molecular formula is C23H28ClN3O4.